The lowest BCUT2D eigenvalue weighted by molar-refractivity contribution is -0.386. The Balaban J connectivity index is 1.81. The van der Waals surface area contributed by atoms with Crippen molar-refractivity contribution in [3.8, 4) is 17.2 Å². The van der Waals surface area contributed by atoms with Crippen LogP contribution in [0.25, 0.3) is 6.08 Å². The molecule has 172 valence electrons. The third-order valence-electron chi connectivity index (χ3n) is 4.53. The highest BCUT2D eigenvalue weighted by molar-refractivity contribution is 6.16. The number of hydrogen-bond acceptors (Lipinski definition) is 8. The van der Waals surface area contributed by atoms with Gasteiger partial charge < -0.3 is 25.2 Å². The summed E-state index contributed by atoms with van der Waals surface area (Å²) in [4.78, 5) is 48.5. The first kappa shape index (κ1) is 23.1. The number of aromatic hydroxyl groups is 1. The van der Waals surface area contributed by atoms with E-state index < -0.39 is 40.8 Å². The molecule has 0 spiro atoms. The topological polar surface area (TPSA) is 160 Å². The number of anilines is 1. The molecule has 3 N–H and O–H groups in total. The summed E-state index contributed by atoms with van der Waals surface area (Å²) in [5.74, 6) is -1.83. The Hall–Kier alpha value is -4.61. The van der Waals surface area contributed by atoms with Crippen LogP contribution in [0.4, 0.5) is 16.2 Å². The van der Waals surface area contributed by atoms with E-state index in [0.29, 0.717) is 16.3 Å². The van der Waals surface area contributed by atoms with E-state index in [9.17, 15) is 29.6 Å². The summed E-state index contributed by atoms with van der Waals surface area (Å²) in [5.41, 5.74) is -0.329. The molecule has 0 atom stereocenters. The minimum absolute atomic E-state index is 0.131. The number of rotatable bonds is 8. The van der Waals surface area contributed by atoms with Crippen molar-refractivity contribution in [2.24, 2.45) is 0 Å². The van der Waals surface area contributed by atoms with E-state index in [-0.39, 0.29) is 23.6 Å². The van der Waals surface area contributed by atoms with Gasteiger partial charge in [0.2, 0.25) is 11.7 Å². The molecule has 12 nitrogen and oxygen atoms in total. The van der Waals surface area contributed by atoms with Crippen LogP contribution in [0.3, 0.4) is 0 Å². The number of imide groups is 1. The fourth-order valence-electron chi connectivity index (χ4n) is 3.07. The van der Waals surface area contributed by atoms with E-state index >= 15 is 0 Å². The molecular formula is C21H20N4O8. The van der Waals surface area contributed by atoms with Gasteiger partial charge in [-0.05, 0) is 36.8 Å². The molecule has 1 saturated heterocycles. The first-order valence-corrected chi connectivity index (χ1v) is 9.66. The summed E-state index contributed by atoms with van der Waals surface area (Å²) >= 11 is 0. The summed E-state index contributed by atoms with van der Waals surface area (Å²) in [6.07, 6.45) is 1.19. The van der Waals surface area contributed by atoms with Crippen molar-refractivity contribution < 1.29 is 33.9 Å². The molecule has 0 bridgehead atoms. The maximum atomic E-state index is 12.7. The number of para-hydroxylation sites is 2. The molecule has 1 heterocycles. The highest BCUT2D eigenvalue weighted by atomic mass is 16.6. The fourth-order valence-corrected chi connectivity index (χ4v) is 3.07. The van der Waals surface area contributed by atoms with Gasteiger partial charge in [-0.2, -0.15) is 0 Å². The van der Waals surface area contributed by atoms with Gasteiger partial charge >= 0.3 is 11.7 Å². The van der Waals surface area contributed by atoms with Crippen molar-refractivity contribution in [1.82, 2.24) is 10.2 Å². The van der Waals surface area contributed by atoms with Gasteiger partial charge in [-0.25, -0.2) is 9.69 Å². The molecule has 0 radical (unpaired) electrons. The van der Waals surface area contributed by atoms with Gasteiger partial charge in [0.1, 0.15) is 18.0 Å². The zero-order chi connectivity index (χ0) is 24.1. The normalized spacial score (nSPS) is 14.2. The SMILES string of the molecule is CCOc1cc(/C=C2/NC(=O)N(CC(=O)Nc3ccccc3OC)C2=O)cc([N+](=O)[O-])c1O. The van der Waals surface area contributed by atoms with Gasteiger partial charge in [0.25, 0.3) is 5.91 Å². The number of nitrogens with zero attached hydrogens (tertiary/aromatic N) is 2. The molecule has 12 heteroatoms. The molecular weight excluding hydrogens is 436 g/mol. The Morgan fingerprint density at radius 2 is 2.00 bits per heavy atom. The van der Waals surface area contributed by atoms with Gasteiger partial charge in [-0.1, -0.05) is 12.1 Å². The van der Waals surface area contributed by atoms with Crippen molar-refractivity contribution in [2.75, 3.05) is 25.6 Å². The van der Waals surface area contributed by atoms with E-state index in [4.69, 9.17) is 9.47 Å². The number of carbonyl (C=O) groups is 3. The molecule has 2 aromatic carbocycles. The summed E-state index contributed by atoms with van der Waals surface area (Å²) in [6, 6.07) is 8.11. The number of urea groups is 1. The average molecular weight is 456 g/mol. The second-order valence-corrected chi connectivity index (χ2v) is 6.70. The lowest BCUT2D eigenvalue weighted by Crippen LogP contribution is -2.38. The number of hydrogen-bond donors (Lipinski definition) is 3. The molecule has 0 unspecified atom stereocenters. The third-order valence-corrected chi connectivity index (χ3v) is 4.53. The molecule has 3 rings (SSSR count). The van der Waals surface area contributed by atoms with Crippen molar-refractivity contribution in [3.05, 3.63) is 57.8 Å². The molecule has 2 aromatic rings. The number of nitro benzene ring substituents is 1. The van der Waals surface area contributed by atoms with Crippen LogP contribution in [-0.4, -0.2) is 53.0 Å². The molecule has 1 fully saturated rings. The molecule has 33 heavy (non-hydrogen) atoms. The smallest absolute Gasteiger partial charge is 0.329 e. The number of nitrogens with one attached hydrogen (secondary N) is 2. The van der Waals surface area contributed by atoms with Gasteiger partial charge in [0.05, 0.1) is 24.3 Å². The number of amides is 4. The van der Waals surface area contributed by atoms with Crippen LogP contribution in [0.15, 0.2) is 42.1 Å². The second kappa shape index (κ2) is 9.68. The van der Waals surface area contributed by atoms with Crippen molar-refractivity contribution in [1.29, 1.82) is 0 Å². The Kier molecular flexibility index (Phi) is 6.77. The van der Waals surface area contributed by atoms with E-state index in [2.05, 4.69) is 10.6 Å². The largest absolute Gasteiger partial charge is 0.500 e. The zero-order valence-electron chi connectivity index (χ0n) is 17.7. The standard InChI is InChI=1S/C21H20N4O8/c1-3-33-17-10-12(9-15(19(17)27)25(30)31)8-14-20(28)24(21(29)23-14)11-18(26)22-13-6-4-5-7-16(13)32-2/h4-10,27H,3,11H2,1-2H3,(H,22,26)(H,23,29)/b14-8+. The number of nitro groups is 1. The van der Waals surface area contributed by atoms with Gasteiger partial charge in [-0.3, -0.25) is 19.7 Å². The summed E-state index contributed by atoms with van der Waals surface area (Å²) in [5, 5.41) is 26.1. The minimum Gasteiger partial charge on any atom is -0.500 e. The van der Waals surface area contributed by atoms with Crippen molar-refractivity contribution in [3.63, 3.8) is 0 Å². The summed E-state index contributed by atoms with van der Waals surface area (Å²) < 4.78 is 10.3. The van der Waals surface area contributed by atoms with Crippen LogP contribution < -0.4 is 20.1 Å². The van der Waals surface area contributed by atoms with Crippen LogP contribution in [0.2, 0.25) is 0 Å². The predicted molar refractivity (Wildman–Crippen MR) is 116 cm³/mol. The van der Waals surface area contributed by atoms with Crippen LogP contribution in [0, 0.1) is 10.1 Å². The predicted octanol–water partition coefficient (Wildman–Crippen LogP) is 2.24. The highest BCUT2D eigenvalue weighted by Crippen LogP contribution is 2.37. The Morgan fingerprint density at radius 3 is 2.67 bits per heavy atom. The van der Waals surface area contributed by atoms with E-state index in [1.54, 1.807) is 31.2 Å². The first-order chi connectivity index (χ1) is 15.7. The van der Waals surface area contributed by atoms with Crippen LogP contribution >= 0.6 is 0 Å². The van der Waals surface area contributed by atoms with E-state index in [0.717, 1.165) is 6.07 Å². The van der Waals surface area contributed by atoms with E-state index in [1.807, 2.05) is 0 Å². The summed E-state index contributed by atoms with van der Waals surface area (Å²) in [6.45, 7) is 1.19. The number of ether oxygens (including phenoxy) is 2. The maximum Gasteiger partial charge on any atom is 0.329 e. The Morgan fingerprint density at radius 1 is 1.27 bits per heavy atom. The molecule has 0 aromatic heterocycles. The maximum absolute atomic E-state index is 12.7. The monoisotopic (exact) mass is 456 g/mol. The summed E-state index contributed by atoms with van der Waals surface area (Å²) in [7, 11) is 1.43. The lowest BCUT2D eigenvalue weighted by atomic mass is 10.1. The Labute approximate surface area is 187 Å². The molecule has 0 aliphatic carbocycles. The van der Waals surface area contributed by atoms with Gasteiger partial charge in [0.15, 0.2) is 5.75 Å². The molecule has 1 aliphatic heterocycles. The van der Waals surface area contributed by atoms with Crippen LogP contribution in [0.1, 0.15) is 12.5 Å². The highest BCUT2D eigenvalue weighted by Gasteiger charge is 2.35. The number of benzene rings is 2. The van der Waals surface area contributed by atoms with Gasteiger partial charge in [-0.15, -0.1) is 0 Å². The quantitative estimate of drug-likeness (QED) is 0.236. The fraction of sp³-hybridized carbons (Fsp3) is 0.190. The zero-order valence-corrected chi connectivity index (χ0v) is 17.7. The number of phenols is 1. The van der Waals surface area contributed by atoms with Crippen molar-refractivity contribution >= 4 is 35.3 Å². The first-order valence-electron chi connectivity index (χ1n) is 9.66. The number of phenolic OH excluding ortho intramolecular Hbond substituents is 1. The van der Waals surface area contributed by atoms with Crippen LogP contribution in [0.5, 0.6) is 17.2 Å². The number of methoxy groups -OCH3 is 1. The van der Waals surface area contributed by atoms with Crippen LogP contribution in [-0.2, 0) is 9.59 Å². The minimum atomic E-state index is -0.834. The second-order valence-electron chi connectivity index (χ2n) is 6.70. The Bertz CT molecular complexity index is 1160. The molecule has 4 amide bonds. The molecule has 1 aliphatic rings. The number of carbonyl (C=O) groups excluding carboxylic acids is 3. The van der Waals surface area contributed by atoms with E-state index in [1.165, 1.54) is 19.3 Å². The molecule has 0 saturated carbocycles. The van der Waals surface area contributed by atoms with Crippen molar-refractivity contribution in [2.45, 2.75) is 6.92 Å². The third kappa shape index (κ3) is 5.01. The van der Waals surface area contributed by atoms with Gasteiger partial charge in [0, 0.05) is 6.07 Å². The lowest BCUT2D eigenvalue weighted by Gasteiger charge is -2.13. The average Bonchev–Trinajstić information content (AvgIpc) is 3.03.